The summed E-state index contributed by atoms with van der Waals surface area (Å²) in [6, 6.07) is 3.52. The van der Waals surface area contributed by atoms with Gasteiger partial charge < -0.3 is 43.2 Å². The Labute approximate surface area is 309 Å². The Morgan fingerprint density at radius 3 is 1.79 bits per heavy atom. The monoisotopic (exact) mass is 751 g/mol. The number of hydrogen-bond acceptors (Lipinski definition) is 14. The minimum absolute atomic E-state index is 0.0271. The van der Waals surface area contributed by atoms with Gasteiger partial charge in [-0.05, 0) is 38.3 Å². The maximum atomic E-state index is 13.2. The lowest BCUT2D eigenvalue weighted by Gasteiger charge is -2.27. The van der Waals surface area contributed by atoms with Crippen LogP contribution >= 0.6 is 0 Å². The van der Waals surface area contributed by atoms with Gasteiger partial charge in [0, 0.05) is 19.4 Å². The molecule has 1 atom stereocenters. The number of carbonyl (C=O) groups excluding carboxylic acids is 6. The summed E-state index contributed by atoms with van der Waals surface area (Å²) in [5, 5.41) is 4.90. The van der Waals surface area contributed by atoms with Crippen LogP contribution in [0.4, 0.5) is 5.69 Å². The van der Waals surface area contributed by atoms with Gasteiger partial charge in [0.25, 0.3) is 11.8 Å². The molecule has 1 unspecified atom stereocenters. The topological polar surface area (TPSA) is 204 Å². The summed E-state index contributed by atoms with van der Waals surface area (Å²) in [6.45, 7) is 8.30. The van der Waals surface area contributed by atoms with Crippen LogP contribution in [0.5, 0.6) is 0 Å². The summed E-state index contributed by atoms with van der Waals surface area (Å²) in [5.74, 6) is -2.99. The van der Waals surface area contributed by atoms with Gasteiger partial charge in [-0.2, -0.15) is 0 Å². The van der Waals surface area contributed by atoms with Crippen molar-refractivity contribution >= 4 is 41.2 Å². The van der Waals surface area contributed by atoms with Gasteiger partial charge in [0.15, 0.2) is 0 Å². The van der Waals surface area contributed by atoms with Gasteiger partial charge >= 0.3 is 5.97 Å². The van der Waals surface area contributed by atoms with Crippen molar-refractivity contribution in [2.24, 2.45) is 0 Å². The molecule has 2 aliphatic heterocycles. The molecule has 3 rings (SSSR count). The average molecular weight is 752 g/mol. The van der Waals surface area contributed by atoms with Crippen LogP contribution in [0.3, 0.4) is 0 Å². The fraction of sp³-hybridized carbons (Fsp3) is 0.667. The van der Waals surface area contributed by atoms with E-state index in [1.165, 1.54) is 6.07 Å². The molecule has 296 valence electrons. The molecule has 2 aliphatic rings. The number of fused-ring (bicyclic) bond motifs is 1. The van der Waals surface area contributed by atoms with E-state index < -0.39 is 29.7 Å². The molecule has 0 aromatic heterocycles. The molecular weight excluding hydrogens is 698 g/mol. The van der Waals surface area contributed by atoms with Crippen molar-refractivity contribution in [1.82, 2.24) is 10.2 Å². The third-order valence-corrected chi connectivity index (χ3v) is 7.92. The first kappa shape index (κ1) is 43.6. The molecule has 0 aliphatic carbocycles. The van der Waals surface area contributed by atoms with Gasteiger partial charge in [0.05, 0.1) is 116 Å². The Hall–Kier alpha value is -3.84. The van der Waals surface area contributed by atoms with E-state index in [0.717, 1.165) is 17.7 Å². The highest BCUT2D eigenvalue weighted by molar-refractivity contribution is 6.26. The van der Waals surface area contributed by atoms with Crippen molar-refractivity contribution in [3.8, 4) is 0 Å². The zero-order valence-electron chi connectivity index (χ0n) is 30.5. The Kier molecular flexibility index (Phi) is 21.4. The SMILES string of the molecule is CCOC(=O)CCOCCOCCOCCOCCOCCOCCOCCCCCC(=O)Nc1cccc2c1C(=O)N(C1CCC(=O)NC1=O)C2=O. The molecule has 1 aromatic carbocycles. The quantitative estimate of drug-likeness (QED) is 0.0653. The smallest absolute Gasteiger partial charge is 0.308 e. The molecule has 17 nitrogen and oxygen atoms in total. The number of unbranched alkanes of at least 4 members (excludes halogenated alkanes) is 2. The summed E-state index contributed by atoms with van der Waals surface area (Å²) < 4.78 is 42.9. The Balaban J connectivity index is 1.07. The average Bonchev–Trinajstić information content (AvgIpc) is 3.39. The number of benzene rings is 1. The summed E-state index contributed by atoms with van der Waals surface area (Å²) in [5.41, 5.74) is 0.375. The van der Waals surface area contributed by atoms with Crippen LogP contribution in [0.1, 0.15) is 72.6 Å². The predicted octanol–water partition coefficient (Wildman–Crippen LogP) is 1.66. The minimum Gasteiger partial charge on any atom is -0.466 e. The lowest BCUT2D eigenvalue weighted by molar-refractivity contribution is -0.144. The zero-order valence-corrected chi connectivity index (χ0v) is 30.5. The molecule has 1 saturated heterocycles. The molecule has 17 heteroatoms. The van der Waals surface area contributed by atoms with E-state index in [2.05, 4.69) is 10.6 Å². The third kappa shape index (κ3) is 16.4. The van der Waals surface area contributed by atoms with Crippen LogP contribution in [-0.4, -0.2) is 146 Å². The van der Waals surface area contributed by atoms with E-state index in [0.29, 0.717) is 106 Å². The van der Waals surface area contributed by atoms with Crippen molar-refractivity contribution in [3.63, 3.8) is 0 Å². The number of anilines is 1. The third-order valence-electron chi connectivity index (χ3n) is 7.92. The summed E-state index contributed by atoms with van der Waals surface area (Å²) in [6.07, 6.45) is 2.68. The number of nitrogens with zero attached hydrogens (tertiary/aromatic N) is 1. The zero-order chi connectivity index (χ0) is 38.1. The highest BCUT2D eigenvalue weighted by Gasteiger charge is 2.45. The van der Waals surface area contributed by atoms with Gasteiger partial charge in [0.2, 0.25) is 17.7 Å². The van der Waals surface area contributed by atoms with Crippen molar-refractivity contribution in [3.05, 3.63) is 29.3 Å². The van der Waals surface area contributed by atoms with Gasteiger partial charge in [-0.15, -0.1) is 0 Å². The van der Waals surface area contributed by atoms with Crippen LogP contribution in [0.25, 0.3) is 0 Å². The molecule has 2 heterocycles. The molecule has 53 heavy (non-hydrogen) atoms. The number of imide groups is 2. The van der Waals surface area contributed by atoms with Gasteiger partial charge in [-0.1, -0.05) is 12.5 Å². The molecular formula is C36H53N3O14. The number of amides is 5. The number of carbonyl (C=O) groups is 6. The summed E-state index contributed by atoms with van der Waals surface area (Å²) >= 11 is 0. The van der Waals surface area contributed by atoms with Crippen molar-refractivity contribution < 1.29 is 66.7 Å². The number of rotatable bonds is 30. The molecule has 0 saturated carbocycles. The van der Waals surface area contributed by atoms with Crippen molar-refractivity contribution in [2.45, 2.75) is 57.9 Å². The maximum absolute atomic E-state index is 13.2. The summed E-state index contributed by atoms with van der Waals surface area (Å²) in [7, 11) is 0. The van der Waals surface area contributed by atoms with E-state index in [1.807, 2.05) is 0 Å². The highest BCUT2D eigenvalue weighted by atomic mass is 16.6. The fourth-order valence-corrected chi connectivity index (χ4v) is 5.31. The Morgan fingerprint density at radius 2 is 1.25 bits per heavy atom. The number of ether oxygens (including phenoxy) is 8. The molecule has 2 N–H and O–H groups in total. The van der Waals surface area contributed by atoms with Crippen LogP contribution in [0, 0.1) is 0 Å². The van der Waals surface area contributed by atoms with Crippen molar-refractivity contribution in [1.29, 1.82) is 0 Å². The number of esters is 1. The number of hydrogen-bond donors (Lipinski definition) is 2. The minimum atomic E-state index is -1.07. The molecule has 1 fully saturated rings. The maximum Gasteiger partial charge on any atom is 0.308 e. The molecule has 0 bridgehead atoms. The van der Waals surface area contributed by atoms with E-state index in [9.17, 15) is 28.8 Å². The van der Waals surface area contributed by atoms with E-state index in [4.69, 9.17) is 37.9 Å². The second-order valence-corrected chi connectivity index (χ2v) is 11.9. The standard InChI is InChI=1S/C36H53N3O14/c1-2-53-32(42)12-14-47-16-18-49-20-22-51-24-26-52-25-23-50-21-19-48-17-15-46-13-5-3-4-9-30(40)37-28-8-6-7-27-33(28)36(45)39(35(27)44)29-10-11-31(41)38-34(29)43/h6-8,29H,2-5,9-26H2,1H3,(H,37,40)(H,38,41,43). The normalized spacial score (nSPS) is 15.5. The first-order chi connectivity index (χ1) is 25.8. The highest BCUT2D eigenvalue weighted by Crippen LogP contribution is 2.32. The predicted molar refractivity (Wildman–Crippen MR) is 187 cm³/mol. The van der Waals surface area contributed by atoms with Gasteiger partial charge in [-0.3, -0.25) is 39.0 Å². The van der Waals surface area contributed by atoms with Crippen LogP contribution < -0.4 is 10.6 Å². The second-order valence-electron chi connectivity index (χ2n) is 11.9. The Bertz CT molecular complexity index is 1330. The van der Waals surface area contributed by atoms with Crippen LogP contribution in [0.2, 0.25) is 0 Å². The van der Waals surface area contributed by atoms with Gasteiger partial charge in [0.1, 0.15) is 6.04 Å². The van der Waals surface area contributed by atoms with Crippen LogP contribution in [-0.2, 0) is 57.1 Å². The largest absolute Gasteiger partial charge is 0.466 e. The van der Waals surface area contributed by atoms with E-state index in [-0.39, 0.29) is 54.4 Å². The fourth-order valence-electron chi connectivity index (χ4n) is 5.31. The Morgan fingerprint density at radius 1 is 0.698 bits per heavy atom. The first-order valence-electron chi connectivity index (χ1n) is 18.2. The van der Waals surface area contributed by atoms with Crippen molar-refractivity contribution in [2.75, 3.05) is 104 Å². The number of piperidine rings is 1. The van der Waals surface area contributed by atoms with Gasteiger partial charge in [-0.25, -0.2) is 0 Å². The molecule has 0 radical (unpaired) electrons. The number of nitrogens with one attached hydrogen (secondary N) is 2. The second kappa shape index (κ2) is 26.0. The summed E-state index contributed by atoms with van der Waals surface area (Å²) in [4.78, 5) is 74.6. The lowest BCUT2D eigenvalue weighted by atomic mass is 10.0. The van der Waals surface area contributed by atoms with E-state index >= 15 is 0 Å². The van der Waals surface area contributed by atoms with Crippen LogP contribution in [0.15, 0.2) is 18.2 Å². The van der Waals surface area contributed by atoms with E-state index in [1.54, 1.807) is 19.1 Å². The molecule has 0 spiro atoms. The first-order valence-corrected chi connectivity index (χ1v) is 18.2. The molecule has 1 aromatic rings. The molecule has 5 amide bonds. The lowest BCUT2D eigenvalue weighted by Crippen LogP contribution is -2.54.